The van der Waals surface area contributed by atoms with Crippen molar-refractivity contribution in [2.24, 2.45) is 0 Å². The Labute approximate surface area is 154 Å². The fourth-order valence-corrected chi connectivity index (χ4v) is 3.70. The Hall–Kier alpha value is -2.25. The van der Waals surface area contributed by atoms with E-state index in [0.717, 1.165) is 22.8 Å². The molecule has 3 rings (SSSR count). The van der Waals surface area contributed by atoms with Gasteiger partial charge in [-0.25, -0.2) is 4.98 Å². The van der Waals surface area contributed by atoms with E-state index in [-0.39, 0.29) is 11.2 Å². The Balaban J connectivity index is 1.61. The smallest absolute Gasteiger partial charge is 0.239 e. The first-order valence-electron chi connectivity index (χ1n) is 7.71. The molecule has 130 valence electrons. The number of hydrogen-bond donors (Lipinski definition) is 1. The summed E-state index contributed by atoms with van der Waals surface area (Å²) in [7, 11) is 1.63. The fraction of sp³-hybridized carbons (Fsp3) is 0.222. The van der Waals surface area contributed by atoms with Crippen molar-refractivity contribution in [1.82, 2.24) is 4.98 Å². The third-order valence-electron chi connectivity index (χ3n) is 3.54. The van der Waals surface area contributed by atoms with Gasteiger partial charge in [0.2, 0.25) is 5.91 Å². The van der Waals surface area contributed by atoms with Gasteiger partial charge in [-0.3, -0.25) is 4.79 Å². The minimum Gasteiger partial charge on any atom is -0.496 e. The lowest BCUT2D eigenvalue weighted by Crippen LogP contribution is -2.22. The monoisotopic (exact) mass is 374 g/mol. The minimum absolute atomic E-state index is 0.0718. The largest absolute Gasteiger partial charge is 0.496 e. The van der Waals surface area contributed by atoms with Gasteiger partial charge >= 0.3 is 0 Å². The molecule has 1 aromatic carbocycles. The zero-order valence-electron chi connectivity index (χ0n) is 13.9. The van der Waals surface area contributed by atoms with Crippen molar-refractivity contribution < 1.29 is 13.9 Å². The number of hydrogen-bond acceptors (Lipinski definition) is 6. The average Bonchev–Trinajstić information content (AvgIpc) is 3.31. The van der Waals surface area contributed by atoms with Gasteiger partial charge in [0.15, 0.2) is 5.13 Å². The van der Waals surface area contributed by atoms with Gasteiger partial charge in [-0.1, -0.05) is 12.1 Å². The summed E-state index contributed by atoms with van der Waals surface area (Å²) in [6.45, 7) is 1.87. The van der Waals surface area contributed by atoms with Crippen LogP contribution >= 0.6 is 23.1 Å². The number of nitrogens with one attached hydrogen (secondary N) is 1. The highest BCUT2D eigenvalue weighted by atomic mass is 32.2. The second kappa shape index (κ2) is 8.22. The molecule has 0 radical (unpaired) electrons. The molecule has 2 heterocycles. The molecule has 5 nitrogen and oxygen atoms in total. The predicted octanol–water partition coefficient (Wildman–Crippen LogP) is 4.67. The van der Waals surface area contributed by atoms with Gasteiger partial charge in [0.1, 0.15) is 11.5 Å². The fourth-order valence-electron chi connectivity index (χ4n) is 2.20. The zero-order chi connectivity index (χ0) is 17.6. The maximum Gasteiger partial charge on any atom is 0.239 e. The highest BCUT2D eigenvalue weighted by Gasteiger charge is 2.17. The van der Waals surface area contributed by atoms with Gasteiger partial charge in [-0.05, 0) is 31.2 Å². The molecule has 25 heavy (non-hydrogen) atoms. The van der Waals surface area contributed by atoms with Crippen LogP contribution in [-0.4, -0.2) is 23.3 Å². The van der Waals surface area contributed by atoms with Gasteiger partial charge < -0.3 is 14.5 Å². The van der Waals surface area contributed by atoms with Crippen molar-refractivity contribution in [2.45, 2.75) is 17.9 Å². The molecule has 1 amide bonds. The molecule has 0 saturated carbocycles. The molecule has 1 atom stereocenters. The van der Waals surface area contributed by atoms with E-state index in [1.807, 2.05) is 48.7 Å². The number of aromatic nitrogens is 1. The number of carbonyl (C=O) groups excluding carboxylic acids is 1. The van der Waals surface area contributed by atoms with Crippen LogP contribution in [0.5, 0.6) is 5.75 Å². The number of thiazole rings is 1. The molecule has 0 saturated heterocycles. The van der Waals surface area contributed by atoms with Crippen LogP contribution in [-0.2, 0) is 10.5 Å². The molecule has 0 aliphatic carbocycles. The lowest BCUT2D eigenvalue weighted by atomic mass is 10.1. The summed E-state index contributed by atoms with van der Waals surface area (Å²) < 4.78 is 10.6. The van der Waals surface area contributed by atoms with Gasteiger partial charge in [0.05, 0.1) is 30.1 Å². The van der Waals surface area contributed by atoms with Crippen LogP contribution in [0.25, 0.3) is 11.3 Å². The molecule has 7 heteroatoms. The van der Waals surface area contributed by atoms with Gasteiger partial charge in [0.25, 0.3) is 0 Å². The molecule has 0 spiro atoms. The number of methoxy groups -OCH3 is 1. The zero-order valence-corrected chi connectivity index (χ0v) is 15.5. The normalized spacial score (nSPS) is 11.9. The summed E-state index contributed by atoms with van der Waals surface area (Å²) >= 11 is 2.92. The molecule has 2 aromatic heterocycles. The van der Waals surface area contributed by atoms with E-state index in [2.05, 4.69) is 10.3 Å². The number of anilines is 1. The van der Waals surface area contributed by atoms with Crippen LogP contribution in [0.3, 0.4) is 0 Å². The maximum absolute atomic E-state index is 12.3. The number of benzene rings is 1. The van der Waals surface area contributed by atoms with Gasteiger partial charge in [-0.15, -0.1) is 23.1 Å². The van der Waals surface area contributed by atoms with Crippen LogP contribution in [0.2, 0.25) is 0 Å². The van der Waals surface area contributed by atoms with Crippen molar-refractivity contribution in [3.05, 3.63) is 53.8 Å². The van der Waals surface area contributed by atoms with Crippen molar-refractivity contribution in [2.75, 3.05) is 12.4 Å². The van der Waals surface area contributed by atoms with Gasteiger partial charge in [-0.2, -0.15) is 0 Å². The lowest BCUT2D eigenvalue weighted by Gasteiger charge is -2.09. The first-order chi connectivity index (χ1) is 12.2. The van der Waals surface area contributed by atoms with Crippen LogP contribution < -0.4 is 10.1 Å². The van der Waals surface area contributed by atoms with Crippen molar-refractivity contribution in [3.63, 3.8) is 0 Å². The molecule has 0 fully saturated rings. The predicted molar refractivity (Wildman–Crippen MR) is 102 cm³/mol. The lowest BCUT2D eigenvalue weighted by molar-refractivity contribution is -0.115. The Kier molecular flexibility index (Phi) is 5.78. The SMILES string of the molecule is COc1ccccc1-c1csc(NC(=O)C(C)SCc2ccco2)n1. The first kappa shape index (κ1) is 17.6. The van der Waals surface area contributed by atoms with E-state index in [0.29, 0.717) is 10.9 Å². The number of para-hydroxylation sites is 1. The summed E-state index contributed by atoms with van der Waals surface area (Å²) in [4.78, 5) is 16.8. The van der Waals surface area contributed by atoms with E-state index in [9.17, 15) is 4.79 Å². The van der Waals surface area contributed by atoms with Crippen molar-refractivity contribution in [1.29, 1.82) is 0 Å². The quantitative estimate of drug-likeness (QED) is 0.651. The number of amides is 1. The number of ether oxygens (including phenoxy) is 1. The second-order valence-electron chi connectivity index (χ2n) is 5.26. The average molecular weight is 374 g/mol. The van der Waals surface area contributed by atoms with E-state index < -0.39 is 0 Å². The topological polar surface area (TPSA) is 64.4 Å². The Bertz CT molecular complexity index is 830. The summed E-state index contributed by atoms with van der Waals surface area (Å²) in [6.07, 6.45) is 1.63. The number of furan rings is 1. The molecule has 0 bridgehead atoms. The Morgan fingerprint density at radius 3 is 2.96 bits per heavy atom. The maximum atomic E-state index is 12.3. The molecule has 3 aromatic rings. The summed E-state index contributed by atoms with van der Waals surface area (Å²) in [5.74, 6) is 2.20. The van der Waals surface area contributed by atoms with Crippen LogP contribution in [0.1, 0.15) is 12.7 Å². The summed E-state index contributed by atoms with van der Waals surface area (Å²) in [5.41, 5.74) is 1.69. The minimum atomic E-state index is -0.205. The van der Waals surface area contributed by atoms with Crippen LogP contribution in [0.15, 0.2) is 52.5 Å². The molecular formula is C18H18N2O3S2. The Morgan fingerprint density at radius 1 is 1.36 bits per heavy atom. The first-order valence-corrected chi connectivity index (χ1v) is 9.64. The van der Waals surface area contributed by atoms with Crippen LogP contribution in [0, 0.1) is 0 Å². The second-order valence-corrected chi connectivity index (χ2v) is 7.45. The van der Waals surface area contributed by atoms with E-state index in [1.165, 1.54) is 23.1 Å². The molecule has 1 N–H and O–H groups in total. The number of rotatable bonds is 7. The Morgan fingerprint density at radius 2 is 2.20 bits per heavy atom. The molecule has 0 aliphatic rings. The highest BCUT2D eigenvalue weighted by molar-refractivity contribution is 7.99. The van der Waals surface area contributed by atoms with E-state index in [4.69, 9.17) is 9.15 Å². The standard InChI is InChI=1S/C18H18N2O3S2/c1-12(24-10-13-6-5-9-23-13)17(21)20-18-19-15(11-25-18)14-7-3-4-8-16(14)22-2/h3-9,11-12H,10H2,1-2H3,(H,19,20,21). The molecule has 1 unspecified atom stereocenters. The third kappa shape index (κ3) is 4.43. The van der Waals surface area contributed by atoms with E-state index in [1.54, 1.807) is 13.4 Å². The molecule has 0 aliphatic heterocycles. The third-order valence-corrected chi connectivity index (χ3v) is 5.47. The highest BCUT2D eigenvalue weighted by Crippen LogP contribution is 2.32. The number of thioether (sulfide) groups is 1. The van der Waals surface area contributed by atoms with Crippen molar-refractivity contribution >= 4 is 34.1 Å². The molecular weight excluding hydrogens is 356 g/mol. The van der Waals surface area contributed by atoms with Crippen molar-refractivity contribution in [3.8, 4) is 17.0 Å². The van der Waals surface area contributed by atoms with Crippen LogP contribution in [0.4, 0.5) is 5.13 Å². The summed E-state index contributed by atoms with van der Waals surface area (Å²) in [5, 5.41) is 5.16. The number of nitrogens with zero attached hydrogens (tertiary/aromatic N) is 1. The van der Waals surface area contributed by atoms with Gasteiger partial charge in [0, 0.05) is 10.9 Å². The van der Waals surface area contributed by atoms with E-state index >= 15 is 0 Å². The summed E-state index contributed by atoms with van der Waals surface area (Å²) in [6, 6.07) is 11.4. The number of carbonyl (C=O) groups is 1.